The maximum Gasteiger partial charge on any atom is 0.178 e. The normalized spacial score (nSPS) is 13.3. The highest BCUT2D eigenvalue weighted by Gasteiger charge is 2.46. The minimum Gasteiger partial charge on any atom is -0.505 e. The first-order chi connectivity index (χ1) is 10.4. The molecule has 0 saturated carbocycles. The number of phenols is 1. The highest BCUT2D eigenvalue weighted by Crippen LogP contribution is 2.44. The molecule has 6 heteroatoms. The van der Waals surface area contributed by atoms with Gasteiger partial charge in [0.25, 0.3) is 0 Å². The molecule has 0 aliphatic carbocycles. The molecule has 0 aliphatic heterocycles. The second kappa shape index (κ2) is 8.02. The summed E-state index contributed by atoms with van der Waals surface area (Å²) < 4.78 is 19.6. The van der Waals surface area contributed by atoms with Crippen LogP contribution in [-0.4, -0.2) is 21.7 Å². The highest BCUT2D eigenvalue weighted by atomic mass is 79.9. The molecule has 0 amide bonds. The lowest BCUT2D eigenvalue weighted by molar-refractivity contribution is 0.432. The SMILES string of the molecule is CC(C)(C)[Si](C)(C)O[Si](C)(C)C(C)(C)C.Oc1ccc(Br)cc1F. The van der Waals surface area contributed by atoms with Gasteiger partial charge < -0.3 is 9.22 Å². The van der Waals surface area contributed by atoms with E-state index in [1.54, 1.807) is 6.07 Å². The average molecular weight is 438 g/mol. The second-order valence-corrected chi connectivity index (χ2v) is 20.0. The van der Waals surface area contributed by atoms with Crippen LogP contribution in [0.25, 0.3) is 0 Å². The van der Waals surface area contributed by atoms with Crippen molar-refractivity contribution in [3.63, 3.8) is 0 Å². The Bertz CT molecular complexity index is 523. The first-order valence-corrected chi connectivity index (χ1v) is 14.9. The predicted octanol–water partition coefficient (Wildman–Crippen LogP) is 7.31. The molecule has 0 aromatic heterocycles. The molecule has 140 valence electrons. The quantitative estimate of drug-likeness (QED) is 0.492. The molecule has 0 fully saturated rings. The number of rotatable bonds is 2. The van der Waals surface area contributed by atoms with Gasteiger partial charge in [-0.2, -0.15) is 0 Å². The molecule has 0 bridgehead atoms. The number of hydrogen-bond donors (Lipinski definition) is 1. The van der Waals surface area contributed by atoms with Gasteiger partial charge in [0.1, 0.15) is 0 Å². The summed E-state index contributed by atoms with van der Waals surface area (Å²) in [5.74, 6) is -0.928. The Morgan fingerprint density at radius 1 is 0.917 bits per heavy atom. The first-order valence-electron chi connectivity index (χ1n) is 8.25. The van der Waals surface area contributed by atoms with Crippen molar-refractivity contribution in [3.8, 4) is 5.75 Å². The first kappa shape index (κ1) is 23.8. The minimum atomic E-state index is -1.59. The van der Waals surface area contributed by atoms with E-state index in [4.69, 9.17) is 9.22 Å². The fourth-order valence-electron chi connectivity index (χ4n) is 1.43. The summed E-state index contributed by atoms with van der Waals surface area (Å²) >= 11 is 3.05. The summed E-state index contributed by atoms with van der Waals surface area (Å²) in [5.41, 5.74) is 0. The van der Waals surface area contributed by atoms with Crippen LogP contribution < -0.4 is 0 Å². The van der Waals surface area contributed by atoms with Gasteiger partial charge in [-0.25, -0.2) is 4.39 Å². The monoisotopic (exact) mass is 436 g/mol. The topological polar surface area (TPSA) is 29.5 Å². The second-order valence-electron chi connectivity index (χ2n) is 9.22. The lowest BCUT2D eigenvalue weighted by Crippen LogP contribution is -2.53. The summed E-state index contributed by atoms with van der Waals surface area (Å²) in [5, 5.41) is 9.29. The number of benzene rings is 1. The molecule has 0 aliphatic rings. The van der Waals surface area contributed by atoms with E-state index in [-0.39, 0.29) is 5.75 Å². The Morgan fingerprint density at radius 3 is 1.54 bits per heavy atom. The Labute approximate surface area is 158 Å². The van der Waals surface area contributed by atoms with E-state index >= 15 is 0 Å². The molecule has 0 spiro atoms. The van der Waals surface area contributed by atoms with Gasteiger partial charge >= 0.3 is 0 Å². The van der Waals surface area contributed by atoms with Gasteiger partial charge in [-0.3, -0.25) is 0 Å². The zero-order chi connectivity index (χ0) is 19.6. The van der Waals surface area contributed by atoms with Gasteiger partial charge in [-0.1, -0.05) is 57.5 Å². The molecule has 1 rings (SSSR count). The van der Waals surface area contributed by atoms with Gasteiger partial charge in [-0.05, 0) is 54.5 Å². The van der Waals surface area contributed by atoms with Crippen LogP contribution in [0.5, 0.6) is 5.75 Å². The van der Waals surface area contributed by atoms with E-state index in [9.17, 15) is 4.39 Å². The molecular weight excluding hydrogens is 403 g/mol. The van der Waals surface area contributed by atoms with Crippen molar-refractivity contribution in [3.05, 3.63) is 28.5 Å². The third-order valence-electron chi connectivity index (χ3n) is 5.03. The van der Waals surface area contributed by atoms with Crippen molar-refractivity contribution < 1.29 is 13.6 Å². The molecule has 0 saturated heterocycles. The van der Waals surface area contributed by atoms with Gasteiger partial charge in [0.15, 0.2) is 28.2 Å². The molecule has 0 radical (unpaired) electrons. The van der Waals surface area contributed by atoms with Crippen LogP contribution in [0.4, 0.5) is 4.39 Å². The van der Waals surface area contributed by atoms with Crippen molar-refractivity contribution in [1.29, 1.82) is 0 Å². The molecule has 0 atom stereocenters. The maximum atomic E-state index is 12.3. The fourth-order valence-corrected chi connectivity index (χ4v) is 9.31. The maximum absolute atomic E-state index is 12.3. The average Bonchev–Trinajstić information content (AvgIpc) is 2.31. The molecule has 2 nitrogen and oxygen atoms in total. The van der Waals surface area contributed by atoms with Crippen molar-refractivity contribution >= 4 is 32.6 Å². The summed E-state index contributed by atoms with van der Waals surface area (Å²) in [6, 6.07) is 4.06. The van der Waals surface area contributed by atoms with Crippen LogP contribution in [0.15, 0.2) is 22.7 Å². The predicted molar refractivity (Wildman–Crippen MR) is 111 cm³/mol. The van der Waals surface area contributed by atoms with E-state index in [2.05, 4.69) is 83.7 Å². The summed E-state index contributed by atoms with van der Waals surface area (Å²) in [4.78, 5) is 0. The van der Waals surface area contributed by atoms with Gasteiger partial charge in [0.05, 0.1) is 0 Å². The van der Waals surface area contributed by atoms with Crippen molar-refractivity contribution in [2.24, 2.45) is 0 Å². The molecule has 0 heterocycles. The van der Waals surface area contributed by atoms with Crippen LogP contribution in [-0.2, 0) is 4.12 Å². The fraction of sp³-hybridized carbons (Fsp3) is 0.667. The Balaban J connectivity index is 0.000000496. The Hall–Kier alpha value is -0.176. The van der Waals surface area contributed by atoms with Crippen molar-refractivity contribution in [1.82, 2.24) is 0 Å². The standard InChI is InChI=1S/C12H30OSi2.C6H4BrFO/c1-11(2,3)14(7,8)13-15(9,10)12(4,5)6;7-4-1-2-6(9)5(8)3-4/h1-10H3;1-3,9H. The highest BCUT2D eigenvalue weighted by molar-refractivity contribution is 9.10. The van der Waals surface area contributed by atoms with Crippen molar-refractivity contribution in [2.45, 2.75) is 77.8 Å². The van der Waals surface area contributed by atoms with Crippen LogP contribution in [0.3, 0.4) is 0 Å². The smallest absolute Gasteiger partial charge is 0.178 e. The zero-order valence-electron chi connectivity index (χ0n) is 16.8. The van der Waals surface area contributed by atoms with E-state index in [1.165, 1.54) is 12.1 Å². The van der Waals surface area contributed by atoms with E-state index < -0.39 is 22.5 Å². The molecule has 0 unspecified atom stereocenters. The third-order valence-corrected chi connectivity index (χ3v) is 16.8. The van der Waals surface area contributed by atoms with Crippen LogP contribution in [0.2, 0.25) is 36.3 Å². The molecule has 1 aromatic rings. The molecular formula is C18H34BrFO2Si2. The minimum absolute atomic E-state index is 0.321. The number of aromatic hydroxyl groups is 1. The van der Waals surface area contributed by atoms with E-state index in [0.717, 1.165) is 0 Å². The van der Waals surface area contributed by atoms with E-state index in [0.29, 0.717) is 14.5 Å². The molecule has 1 N–H and O–H groups in total. The lowest BCUT2D eigenvalue weighted by Gasteiger charge is -2.47. The Kier molecular flexibility index (Phi) is 7.96. The summed E-state index contributed by atoms with van der Waals surface area (Å²) in [7, 11) is -3.18. The number of phenolic OH excluding ortho intramolecular Hbond substituents is 1. The lowest BCUT2D eigenvalue weighted by atomic mass is 10.2. The number of hydrogen-bond acceptors (Lipinski definition) is 2. The molecule has 24 heavy (non-hydrogen) atoms. The van der Waals surface area contributed by atoms with Gasteiger partial charge in [0.2, 0.25) is 0 Å². The summed E-state index contributed by atoms with van der Waals surface area (Å²) in [6.45, 7) is 23.3. The van der Waals surface area contributed by atoms with Gasteiger partial charge in [-0.15, -0.1) is 0 Å². The molecule has 1 aromatic carbocycles. The third kappa shape index (κ3) is 6.98. The Morgan fingerprint density at radius 2 is 1.29 bits per heavy atom. The summed E-state index contributed by atoms with van der Waals surface area (Å²) in [6.07, 6.45) is 0. The van der Waals surface area contributed by atoms with Crippen LogP contribution in [0.1, 0.15) is 41.5 Å². The largest absolute Gasteiger partial charge is 0.505 e. The number of halogens is 2. The van der Waals surface area contributed by atoms with Crippen molar-refractivity contribution in [2.75, 3.05) is 0 Å². The van der Waals surface area contributed by atoms with Crippen LogP contribution >= 0.6 is 15.9 Å². The van der Waals surface area contributed by atoms with Crippen LogP contribution in [0, 0.1) is 5.82 Å². The van der Waals surface area contributed by atoms with Gasteiger partial charge in [0, 0.05) is 4.47 Å². The zero-order valence-corrected chi connectivity index (χ0v) is 20.4. The van der Waals surface area contributed by atoms with E-state index in [1.807, 2.05) is 0 Å².